The van der Waals surface area contributed by atoms with Crippen molar-refractivity contribution in [1.29, 1.82) is 0 Å². The normalized spacial score (nSPS) is 30.9. The van der Waals surface area contributed by atoms with Crippen LogP contribution < -0.4 is 5.32 Å². The lowest BCUT2D eigenvalue weighted by atomic mass is 10.00. The quantitative estimate of drug-likeness (QED) is 0.682. The van der Waals surface area contributed by atoms with Gasteiger partial charge in [0.05, 0.1) is 0 Å². The topological polar surface area (TPSA) is 15.3 Å². The SMILES string of the molecule is CCN(CC)CC1=C[C@@H]2CNC[C@@H]2C1. The van der Waals surface area contributed by atoms with Crippen molar-refractivity contribution in [3.8, 4) is 0 Å². The molecule has 0 bridgehead atoms. The van der Waals surface area contributed by atoms with Crippen LogP contribution in [-0.2, 0) is 0 Å². The van der Waals surface area contributed by atoms with Crippen molar-refractivity contribution in [2.75, 3.05) is 32.7 Å². The van der Waals surface area contributed by atoms with Crippen LogP contribution in [0.15, 0.2) is 11.6 Å². The van der Waals surface area contributed by atoms with Crippen LogP contribution in [-0.4, -0.2) is 37.6 Å². The Bertz CT molecular complexity index is 218. The molecule has 2 aliphatic rings. The van der Waals surface area contributed by atoms with Gasteiger partial charge in [0, 0.05) is 13.1 Å². The zero-order valence-corrected chi connectivity index (χ0v) is 9.42. The van der Waals surface area contributed by atoms with Gasteiger partial charge >= 0.3 is 0 Å². The molecule has 2 heteroatoms. The average molecular weight is 194 g/mol. The first-order valence-corrected chi connectivity index (χ1v) is 5.96. The van der Waals surface area contributed by atoms with E-state index in [9.17, 15) is 0 Å². The molecule has 0 aromatic heterocycles. The first-order valence-electron chi connectivity index (χ1n) is 5.96. The van der Waals surface area contributed by atoms with Gasteiger partial charge in [0.1, 0.15) is 0 Å². The van der Waals surface area contributed by atoms with E-state index in [-0.39, 0.29) is 0 Å². The van der Waals surface area contributed by atoms with Crippen LogP contribution in [0, 0.1) is 11.8 Å². The summed E-state index contributed by atoms with van der Waals surface area (Å²) in [6.45, 7) is 10.5. The third-order valence-corrected chi connectivity index (χ3v) is 3.69. The number of hydrogen-bond acceptors (Lipinski definition) is 2. The number of fused-ring (bicyclic) bond motifs is 1. The van der Waals surface area contributed by atoms with Crippen LogP contribution in [0.1, 0.15) is 20.3 Å². The maximum Gasteiger partial charge on any atom is 0.0192 e. The molecule has 1 fully saturated rings. The van der Waals surface area contributed by atoms with E-state index < -0.39 is 0 Å². The second kappa shape index (κ2) is 4.45. The van der Waals surface area contributed by atoms with E-state index in [1.807, 2.05) is 0 Å². The van der Waals surface area contributed by atoms with Crippen molar-refractivity contribution in [3.63, 3.8) is 0 Å². The van der Waals surface area contributed by atoms with E-state index in [4.69, 9.17) is 0 Å². The van der Waals surface area contributed by atoms with Crippen molar-refractivity contribution in [1.82, 2.24) is 10.2 Å². The van der Waals surface area contributed by atoms with Crippen LogP contribution in [0.3, 0.4) is 0 Å². The van der Waals surface area contributed by atoms with Crippen molar-refractivity contribution in [3.05, 3.63) is 11.6 Å². The van der Waals surface area contributed by atoms with Crippen LogP contribution in [0.5, 0.6) is 0 Å². The number of nitrogens with zero attached hydrogens (tertiary/aromatic N) is 1. The summed E-state index contributed by atoms with van der Waals surface area (Å²) in [5.74, 6) is 1.76. The Morgan fingerprint density at radius 2 is 2.14 bits per heavy atom. The smallest absolute Gasteiger partial charge is 0.0192 e. The molecule has 0 spiro atoms. The Hall–Kier alpha value is -0.340. The fourth-order valence-corrected chi connectivity index (χ4v) is 2.73. The van der Waals surface area contributed by atoms with Gasteiger partial charge in [0.2, 0.25) is 0 Å². The van der Waals surface area contributed by atoms with Gasteiger partial charge in [-0.3, -0.25) is 4.90 Å². The Balaban J connectivity index is 1.87. The molecule has 1 heterocycles. The molecule has 14 heavy (non-hydrogen) atoms. The van der Waals surface area contributed by atoms with Crippen LogP contribution in [0.4, 0.5) is 0 Å². The highest BCUT2D eigenvalue weighted by Crippen LogP contribution is 2.33. The molecule has 1 aliphatic carbocycles. The van der Waals surface area contributed by atoms with E-state index in [1.54, 1.807) is 5.57 Å². The summed E-state index contributed by atoms with van der Waals surface area (Å²) in [4.78, 5) is 2.51. The van der Waals surface area contributed by atoms with Crippen molar-refractivity contribution < 1.29 is 0 Å². The lowest BCUT2D eigenvalue weighted by Crippen LogP contribution is -2.25. The molecule has 2 rings (SSSR count). The molecule has 2 atom stereocenters. The molecule has 0 radical (unpaired) electrons. The molecule has 1 aliphatic heterocycles. The number of likely N-dealkylation sites (N-methyl/N-ethyl adjacent to an activating group) is 1. The van der Waals surface area contributed by atoms with E-state index in [0.717, 1.165) is 11.8 Å². The van der Waals surface area contributed by atoms with Gasteiger partial charge < -0.3 is 5.32 Å². The van der Waals surface area contributed by atoms with Crippen LogP contribution in [0.2, 0.25) is 0 Å². The van der Waals surface area contributed by atoms with Gasteiger partial charge in [0.15, 0.2) is 0 Å². The molecule has 1 N–H and O–H groups in total. The highest BCUT2D eigenvalue weighted by molar-refractivity contribution is 5.18. The van der Waals surface area contributed by atoms with Gasteiger partial charge in [-0.15, -0.1) is 0 Å². The molecule has 0 saturated carbocycles. The molecule has 2 nitrogen and oxygen atoms in total. The Kier molecular flexibility index (Phi) is 3.24. The van der Waals surface area contributed by atoms with E-state index >= 15 is 0 Å². The molecule has 0 aromatic carbocycles. The van der Waals surface area contributed by atoms with Gasteiger partial charge in [-0.25, -0.2) is 0 Å². The summed E-state index contributed by atoms with van der Waals surface area (Å²) in [6.07, 6.45) is 3.87. The molecular formula is C12H22N2. The lowest BCUT2D eigenvalue weighted by Gasteiger charge is -2.19. The van der Waals surface area contributed by atoms with E-state index in [1.165, 1.54) is 39.1 Å². The minimum absolute atomic E-state index is 0.848. The predicted octanol–water partition coefficient (Wildman–Crippen LogP) is 1.49. The largest absolute Gasteiger partial charge is 0.316 e. The standard InChI is InChI=1S/C12H22N2/c1-3-14(4-2)9-10-5-11-7-13-8-12(11)6-10/h5,11-13H,3-4,6-9H2,1-2H3/t11-,12+/m1/s1. The second-order valence-electron chi connectivity index (χ2n) is 4.57. The van der Waals surface area contributed by atoms with Crippen molar-refractivity contribution in [2.24, 2.45) is 11.8 Å². The first kappa shape index (κ1) is 10.2. The number of rotatable bonds is 4. The fraction of sp³-hybridized carbons (Fsp3) is 0.833. The van der Waals surface area contributed by atoms with E-state index in [2.05, 4.69) is 30.1 Å². The summed E-state index contributed by atoms with van der Waals surface area (Å²) in [5, 5.41) is 3.47. The van der Waals surface area contributed by atoms with Gasteiger partial charge in [0.25, 0.3) is 0 Å². The molecule has 0 amide bonds. The number of hydrogen-bond donors (Lipinski definition) is 1. The highest BCUT2D eigenvalue weighted by atomic mass is 15.1. The lowest BCUT2D eigenvalue weighted by molar-refractivity contribution is 0.325. The van der Waals surface area contributed by atoms with Crippen molar-refractivity contribution in [2.45, 2.75) is 20.3 Å². The predicted molar refractivity (Wildman–Crippen MR) is 60.3 cm³/mol. The van der Waals surface area contributed by atoms with Gasteiger partial charge in [-0.05, 0) is 37.9 Å². The Morgan fingerprint density at radius 1 is 1.36 bits per heavy atom. The van der Waals surface area contributed by atoms with Gasteiger partial charge in [-0.1, -0.05) is 25.5 Å². The average Bonchev–Trinajstić information content (AvgIpc) is 2.73. The third-order valence-electron chi connectivity index (χ3n) is 3.69. The van der Waals surface area contributed by atoms with Crippen molar-refractivity contribution >= 4 is 0 Å². The zero-order chi connectivity index (χ0) is 9.97. The maximum atomic E-state index is 3.47. The molecule has 0 aromatic rings. The summed E-state index contributed by atoms with van der Waals surface area (Å²) in [5.41, 5.74) is 1.69. The van der Waals surface area contributed by atoms with Gasteiger partial charge in [-0.2, -0.15) is 0 Å². The molecule has 80 valence electrons. The molecular weight excluding hydrogens is 172 g/mol. The Labute approximate surface area is 87.4 Å². The van der Waals surface area contributed by atoms with Crippen LogP contribution >= 0.6 is 0 Å². The molecule has 0 unspecified atom stereocenters. The monoisotopic (exact) mass is 194 g/mol. The fourth-order valence-electron chi connectivity index (χ4n) is 2.73. The molecule has 1 saturated heterocycles. The minimum Gasteiger partial charge on any atom is -0.316 e. The highest BCUT2D eigenvalue weighted by Gasteiger charge is 2.31. The summed E-state index contributed by atoms with van der Waals surface area (Å²) in [7, 11) is 0. The zero-order valence-electron chi connectivity index (χ0n) is 9.42. The van der Waals surface area contributed by atoms with E-state index in [0.29, 0.717) is 0 Å². The van der Waals surface area contributed by atoms with Crippen LogP contribution in [0.25, 0.3) is 0 Å². The first-order chi connectivity index (χ1) is 6.83. The summed E-state index contributed by atoms with van der Waals surface area (Å²) < 4.78 is 0. The second-order valence-corrected chi connectivity index (χ2v) is 4.57. The maximum absolute atomic E-state index is 3.47. The third kappa shape index (κ3) is 2.01. The summed E-state index contributed by atoms with van der Waals surface area (Å²) >= 11 is 0. The summed E-state index contributed by atoms with van der Waals surface area (Å²) in [6, 6.07) is 0. The number of nitrogens with one attached hydrogen (secondary N) is 1. The Morgan fingerprint density at radius 3 is 2.79 bits per heavy atom. The minimum atomic E-state index is 0.848.